The fraction of sp³-hybridized carbons (Fsp3) is 0.125. The van der Waals surface area contributed by atoms with Gasteiger partial charge in [0.1, 0.15) is 0 Å². The summed E-state index contributed by atoms with van der Waals surface area (Å²) in [6.45, 7) is 2.10. The summed E-state index contributed by atoms with van der Waals surface area (Å²) < 4.78 is 0. The first-order valence-corrected chi connectivity index (χ1v) is 7.38. The number of benzene rings is 2. The van der Waals surface area contributed by atoms with Crippen LogP contribution >= 0.6 is 0 Å². The molecular weight excluding hydrogens is 220 g/mol. The maximum Gasteiger partial charge on any atom is 0.213 e. The Morgan fingerprint density at radius 3 is 1.71 bits per heavy atom. The molecule has 0 saturated heterocycles. The average Bonchev–Trinajstić information content (AvgIpc) is 2.42. The van der Waals surface area contributed by atoms with Gasteiger partial charge in [-0.05, 0) is 10.4 Å². The van der Waals surface area contributed by atoms with Gasteiger partial charge in [0.25, 0.3) is 0 Å². The Labute approximate surface area is 105 Å². The van der Waals surface area contributed by atoms with E-state index in [0.29, 0.717) is 0 Å². The molecule has 1 heteroatoms. The molecule has 0 aliphatic carbocycles. The highest BCUT2D eigenvalue weighted by atomic mass is 28.3. The molecule has 0 N–H and O–H groups in total. The van der Waals surface area contributed by atoms with Gasteiger partial charge in [-0.2, -0.15) is 0 Å². The Morgan fingerprint density at radius 2 is 1.29 bits per heavy atom. The van der Waals surface area contributed by atoms with Gasteiger partial charge in [-0.15, -0.1) is 11.5 Å². The molecule has 0 aliphatic rings. The lowest BCUT2D eigenvalue weighted by Gasteiger charge is -2.08. The summed E-state index contributed by atoms with van der Waals surface area (Å²) in [7, 11) is -0.924. The molecule has 0 nitrogen and oxygen atoms in total. The van der Waals surface area contributed by atoms with Crippen molar-refractivity contribution in [2.45, 2.75) is 13.3 Å². The van der Waals surface area contributed by atoms with Crippen molar-refractivity contribution in [2.75, 3.05) is 0 Å². The Balaban J connectivity index is 2.39. The van der Waals surface area contributed by atoms with E-state index in [2.05, 4.69) is 79.1 Å². The lowest BCUT2D eigenvalue weighted by Crippen LogP contribution is -2.41. The van der Waals surface area contributed by atoms with E-state index in [-0.39, 0.29) is 0 Å². The summed E-state index contributed by atoms with van der Waals surface area (Å²) in [6.07, 6.45) is 0.924. The molecule has 0 aromatic heterocycles. The van der Waals surface area contributed by atoms with Crippen LogP contribution in [0.15, 0.2) is 60.7 Å². The number of rotatable bonds is 2. The monoisotopic (exact) mass is 235 g/mol. The van der Waals surface area contributed by atoms with Gasteiger partial charge in [-0.25, -0.2) is 0 Å². The molecule has 0 aliphatic heterocycles. The van der Waals surface area contributed by atoms with Crippen molar-refractivity contribution < 1.29 is 0 Å². The van der Waals surface area contributed by atoms with E-state index in [0.717, 1.165) is 6.42 Å². The smallest absolute Gasteiger partial charge is 0.121 e. The van der Waals surface area contributed by atoms with Gasteiger partial charge in [0.2, 0.25) is 8.80 Å². The molecule has 83 valence electrons. The van der Waals surface area contributed by atoms with Gasteiger partial charge < -0.3 is 0 Å². The van der Waals surface area contributed by atoms with E-state index in [1.807, 2.05) is 0 Å². The number of hydrogen-bond acceptors (Lipinski definition) is 0. The summed E-state index contributed by atoms with van der Waals surface area (Å²) in [5.41, 5.74) is 3.45. The Morgan fingerprint density at radius 1 is 0.824 bits per heavy atom. The lowest BCUT2D eigenvalue weighted by molar-refractivity contribution is 1.28. The molecule has 0 spiro atoms. The van der Waals surface area contributed by atoms with Gasteiger partial charge in [0, 0.05) is 6.42 Å². The van der Waals surface area contributed by atoms with Crippen LogP contribution in [0.25, 0.3) is 0 Å². The van der Waals surface area contributed by atoms with E-state index >= 15 is 0 Å². The summed E-state index contributed by atoms with van der Waals surface area (Å²) >= 11 is 0. The molecule has 0 heterocycles. The van der Waals surface area contributed by atoms with Crippen molar-refractivity contribution in [3.63, 3.8) is 0 Å². The molecule has 0 saturated carbocycles. The standard InChI is InChI=1S/C16H15Si/c1-2-3-14-17(15-10-6-4-7-11-15)16-12-8-5-9-13-16/h4-13H,2H2,1H3. The molecule has 0 amide bonds. The van der Waals surface area contributed by atoms with E-state index < -0.39 is 8.80 Å². The molecule has 2 rings (SSSR count). The summed E-state index contributed by atoms with van der Waals surface area (Å²) in [4.78, 5) is 0. The molecule has 17 heavy (non-hydrogen) atoms. The third kappa shape index (κ3) is 3.09. The molecule has 2 aromatic rings. The van der Waals surface area contributed by atoms with Crippen molar-refractivity contribution in [2.24, 2.45) is 0 Å². The molecule has 2 aromatic carbocycles. The largest absolute Gasteiger partial charge is 0.213 e. The third-order valence-electron chi connectivity index (χ3n) is 2.52. The average molecular weight is 235 g/mol. The van der Waals surface area contributed by atoms with E-state index in [9.17, 15) is 0 Å². The van der Waals surface area contributed by atoms with Gasteiger partial charge in [-0.3, -0.25) is 0 Å². The summed E-state index contributed by atoms with van der Waals surface area (Å²) in [5, 5.41) is 2.73. The van der Waals surface area contributed by atoms with Crippen molar-refractivity contribution in [1.82, 2.24) is 0 Å². The minimum atomic E-state index is -0.924. The highest BCUT2D eigenvalue weighted by molar-refractivity contribution is 6.91. The minimum absolute atomic E-state index is 0.924. The maximum atomic E-state index is 3.45. The van der Waals surface area contributed by atoms with Crippen LogP contribution in [0.5, 0.6) is 0 Å². The molecular formula is C16H15Si. The zero-order valence-electron chi connectivity index (χ0n) is 9.98. The second-order valence-corrected chi connectivity index (χ2v) is 5.92. The first-order valence-electron chi connectivity index (χ1n) is 5.88. The summed E-state index contributed by atoms with van der Waals surface area (Å²) in [5.74, 6) is 3.24. The van der Waals surface area contributed by atoms with Crippen LogP contribution < -0.4 is 10.4 Å². The van der Waals surface area contributed by atoms with Gasteiger partial charge in [0.15, 0.2) is 0 Å². The highest BCUT2D eigenvalue weighted by Gasteiger charge is 2.13. The van der Waals surface area contributed by atoms with E-state index in [1.165, 1.54) is 10.4 Å². The van der Waals surface area contributed by atoms with Crippen LogP contribution in [0.1, 0.15) is 13.3 Å². The van der Waals surface area contributed by atoms with Crippen molar-refractivity contribution in [3.8, 4) is 11.5 Å². The summed E-state index contributed by atoms with van der Waals surface area (Å²) in [6, 6.07) is 21.2. The zero-order chi connectivity index (χ0) is 11.9. The van der Waals surface area contributed by atoms with E-state index in [1.54, 1.807) is 0 Å². The van der Waals surface area contributed by atoms with Crippen LogP contribution in [-0.4, -0.2) is 8.80 Å². The van der Waals surface area contributed by atoms with E-state index in [4.69, 9.17) is 0 Å². The fourth-order valence-corrected chi connectivity index (χ4v) is 3.72. The topological polar surface area (TPSA) is 0 Å². The van der Waals surface area contributed by atoms with Crippen LogP contribution in [0.4, 0.5) is 0 Å². The van der Waals surface area contributed by atoms with Crippen molar-refractivity contribution in [3.05, 3.63) is 60.7 Å². The van der Waals surface area contributed by atoms with Crippen LogP contribution in [-0.2, 0) is 0 Å². The second kappa shape index (κ2) is 6.08. The molecule has 0 atom stereocenters. The Kier molecular flexibility index (Phi) is 4.18. The highest BCUT2D eigenvalue weighted by Crippen LogP contribution is 1.92. The van der Waals surface area contributed by atoms with Gasteiger partial charge >= 0.3 is 0 Å². The Bertz CT molecular complexity index is 466. The first-order chi connectivity index (χ1) is 8.42. The Hall–Kier alpha value is -1.78. The fourth-order valence-electron chi connectivity index (χ4n) is 1.70. The second-order valence-electron chi connectivity index (χ2n) is 3.76. The molecule has 0 fully saturated rings. The van der Waals surface area contributed by atoms with Crippen molar-refractivity contribution in [1.29, 1.82) is 0 Å². The normalized spacial score (nSPS) is 9.76. The quantitative estimate of drug-likeness (QED) is 0.553. The zero-order valence-corrected chi connectivity index (χ0v) is 11.0. The SMILES string of the molecule is CCC#C[Si](c1ccccc1)c1ccccc1. The molecule has 1 radical (unpaired) electrons. The predicted molar refractivity (Wildman–Crippen MR) is 76.0 cm³/mol. The van der Waals surface area contributed by atoms with Crippen LogP contribution in [0.3, 0.4) is 0 Å². The predicted octanol–water partition coefficient (Wildman–Crippen LogP) is 2.25. The van der Waals surface area contributed by atoms with Crippen LogP contribution in [0, 0.1) is 11.5 Å². The number of hydrogen-bond donors (Lipinski definition) is 0. The lowest BCUT2D eigenvalue weighted by atomic mass is 10.4. The molecule has 0 bridgehead atoms. The van der Waals surface area contributed by atoms with Gasteiger partial charge in [0.05, 0.1) is 0 Å². The third-order valence-corrected chi connectivity index (χ3v) is 4.76. The minimum Gasteiger partial charge on any atom is -0.121 e. The van der Waals surface area contributed by atoms with Crippen molar-refractivity contribution >= 4 is 19.2 Å². The van der Waals surface area contributed by atoms with Crippen LogP contribution in [0.2, 0.25) is 0 Å². The van der Waals surface area contributed by atoms with Gasteiger partial charge in [-0.1, -0.05) is 67.6 Å². The molecule has 0 unspecified atom stereocenters. The first kappa shape index (κ1) is 11.7. The maximum absolute atomic E-state index is 3.45.